The lowest BCUT2D eigenvalue weighted by Crippen LogP contribution is -2.55. The van der Waals surface area contributed by atoms with Crippen molar-refractivity contribution < 1.29 is 4.74 Å². The lowest BCUT2D eigenvalue weighted by Gasteiger charge is -2.41. The lowest BCUT2D eigenvalue weighted by molar-refractivity contribution is 0.0104. The number of ether oxygens (including phenoxy) is 1. The zero-order chi connectivity index (χ0) is 10.3. The molecule has 2 bridgehead atoms. The summed E-state index contributed by atoms with van der Waals surface area (Å²) in [6.45, 7) is 1.90. The van der Waals surface area contributed by atoms with Gasteiger partial charge in [0.25, 0.3) is 0 Å². The molecule has 5 atom stereocenters. The highest BCUT2D eigenvalue weighted by Gasteiger charge is 2.43. The molecule has 86 valence electrons. The fourth-order valence-electron chi connectivity index (χ4n) is 3.87. The van der Waals surface area contributed by atoms with Gasteiger partial charge < -0.3 is 15.8 Å². The minimum Gasteiger partial charge on any atom is -0.381 e. The smallest absolute Gasteiger partial charge is 0.0498 e. The van der Waals surface area contributed by atoms with Crippen molar-refractivity contribution >= 4 is 0 Å². The Kier molecular flexibility index (Phi) is 2.71. The molecule has 3 aliphatic heterocycles. The second-order valence-electron chi connectivity index (χ2n) is 5.50. The van der Waals surface area contributed by atoms with E-state index in [1.807, 2.05) is 0 Å². The van der Waals surface area contributed by atoms with E-state index in [9.17, 15) is 0 Å². The average molecular weight is 210 g/mol. The van der Waals surface area contributed by atoms with Crippen molar-refractivity contribution in [1.82, 2.24) is 5.32 Å². The first-order valence-electron chi connectivity index (χ1n) is 6.44. The minimum atomic E-state index is 0.412. The maximum Gasteiger partial charge on any atom is 0.0498 e. The van der Waals surface area contributed by atoms with Crippen LogP contribution in [0, 0.1) is 11.8 Å². The predicted octanol–water partition coefficient (Wildman–Crippen LogP) is 0.881. The van der Waals surface area contributed by atoms with E-state index in [4.69, 9.17) is 10.5 Å². The van der Waals surface area contributed by atoms with E-state index < -0.39 is 0 Å². The average Bonchev–Trinajstić information content (AvgIpc) is 2.62. The van der Waals surface area contributed by atoms with Crippen LogP contribution in [0.4, 0.5) is 0 Å². The molecule has 0 radical (unpaired) electrons. The van der Waals surface area contributed by atoms with Gasteiger partial charge in [-0.3, -0.25) is 0 Å². The van der Waals surface area contributed by atoms with Gasteiger partial charge in [-0.1, -0.05) is 0 Å². The SMILES string of the molecule is NC1CC2CCC(N2)C1C1CCCOC1. The summed E-state index contributed by atoms with van der Waals surface area (Å²) in [5.74, 6) is 1.38. The number of rotatable bonds is 1. The van der Waals surface area contributed by atoms with Crippen molar-refractivity contribution in [2.24, 2.45) is 17.6 Å². The van der Waals surface area contributed by atoms with E-state index in [1.54, 1.807) is 0 Å². The van der Waals surface area contributed by atoms with E-state index in [-0.39, 0.29) is 0 Å². The molecule has 0 saturated carbocycles. The highest BCUT2D eigenvalue weighted by atomic mass is 16.5. The van der Waals surface area contributed by atoms with Crippen LogP contribution in [0.15, 0.2) is 0 Å². The second kappa shape index (κ2) is 4.04. The molecular weight excluding hydrogens is 188 g/mol. The first-order valence-corrected chi connectivity index (χ1v) is 6.44. The quantitative estimate of drug-likeness (QED) is 0.675. The van der Waals surface area contributed by atoms with Crippen molar-refractivity contribution in [2.75, 3.05) is 13.2 Å². The van der Waals surface area contributed by atoms with Crippen molar-refractivity contribution in [3.8, 4) is 0 Å². The van der Waals surface area contributed by atoms with E-state index >= 15 is 0 Å². The Morgan fingerprint density at radius 1 is 1.20 bits per heavy atom. The van der Waals surface area contributed by atoms with Crippen molar-refractivity contribution in [3.05, 3.63) is 0 Å². The third-order valence-electron chi connectivity index (χ3n) is 4.53. The van der Waals surface area contributed by atoms with Gasteiger partial charge in [-0.25, -0.2) is 0 Å². The van der Waals surface area contributed by atoms with E-state index in [2.05, 4.69) is 5.32 Å². The van der Waals surface area contributed by atoms with Crippen molar-refractivity contribution in [3.63, 3.8) is 0 Å². The summed E-state index contributed by atoms with van der Waals surface area (Å²) in [4.78, 5) is 0. The minimum absolute atomic E-state index is 0.412. The van der Waals surface area contributed by atoms with Gasteiger partial charge >= 0.3 is 0 Å². The Morgan fingerprint density at radius 2 is 2.13 bits per heavy atom. The maximum atomic E-state index is 6.34. The van der Waals surface area contributed by atoms with Crippen LogP contribution in [0.1, 0.15) is 32.1 Å². The van der Waals surface area contributed by atoms with E-state index in [0.29, 0.717) is 30.0 Å². The third-order valence-corrected chi connectivity index (χ3v) is 4.53. The molecule has 3 nitrogen and oxygen atoms in total. The molecule has 5 unspecified atom stereocenters. The molecule has 0 aliphatic carbocycles. The fourth-order valence-corrected chi connectivity index (χ4v) is 3.87. The van der Waals surface area contributed by atoms with Gasteiger partial charge in [-0.15, -0.1) is 0 Å². The van der Waals surface area contributed by atoms with Gasteiger partial charge in [0, 0.05) is 31.3 Å². The van der Waals surface area contributed by atoms with E-state index in [1.165, 1.54) is 32.1 Å². The van der Waals surface area contributed by atoms with Crippen molar-refractivity contribution in [2.45, 2.75) is 50.2 Å². The Bertz CT molecular complexity index is 228. The monoisotopic (exact) mass is 210 g/mol. The fraction of sp³-hybridized carbons (Fsp3) is 1.00. The van der Waals surface area contributed by atoms with Crippen LogP contribution < -0.4 is 11.1 Å². The zero-order valence-electron chi connectivity index (χ0n) is 9.32. The molecule has 0 aromatic heterocycles. The van der Waals surface area contributed by atoms with Crippen LogP contribution in [0.5, 0.6) is 0 Å². The summed E-state index contributed by atoms with van der Waals surface area (Å²) >= 11 is 0. The molecule has 3 heterocycles. The Hall–Kier alpha value is -0.120. The summed E-state index contributed by atoms with van der Waals surface area (Å²) in [6.07, 6.45) is 6.39. The molecule has 3 aliphatic rings. The molecular formula is C12H22N2O. The number of hydrogen-bond donors (Lipinski definition) is 2. The molecule has 0 spiro atoms. The number of piperidine rings is 1. The second-order valence-corrected chi connectivity index (χ2v) is 5.50. The Labute approximate surface area is 91.7 Å². The van der Waals surface area contributed by atoms with Crippen LogP contribution in [0.2, 0.25) is 0 Å². The first-order chi connectivity index (χ1) is 7.34. The topological polar surface area (TPSA) is 47.3 Å². The summed E-state index contributed by atoms with van der Waals surface area (Å²) in [6, 6.07) is 1.81. The van der Waals surface area contributed by atoms with Crippen LogP contribution in [0.3, 0.4) is 0 Å². The summed E-state index contributed by atoms with van der Waals surface area (Å²) in [5.41, 5.74) is 6.34. The largest absolute Gasteiger partial charge is 0.381 e. The van der Waals surface area contributed by atoms with Crippen LogP contribution in [-0.2, 0) is 4.74 Å². The van der Waals surface area contributed by atoms with Gasteiger partial charge in [0.1, 0.15) is 0 Å². The molecule has 0 aromatic carbocycles. The van der Waals surface area contributed by atoms with Gasteiger partial charge in [-0.2, -0.15) is 0 Å². The normalized spacial score (nSPS) is 50.6. The standard InChI is InChI=1S/C12H22N2O/c13-10-6-9-3-4-11(14-9)12(10)8-2-1-5-15-7-8/h8-12,14H,1-7,13H2. The zero-order valence-corrected chi connectivity index (χ0v) is 9.32. The highest BCUT2D eigenvalue weighted by molar-refractivity contribution is 5.01. The molecule has 3 rings (SSSR count). The van der Waals surface area contributed by atoms with Crippen LogP contribution in [-0.4, -0.2) is 31.3 Å². The first kappa shape index (κ1) is 10.1. The summed E-state index contributed by atoms with van der Waals surface area (Å²) in [5, 5.41) is 3.73. The third kappa shape index (κ3) is 1.81. The number of nitrogens with two attached hydrogens (primary N) is 1. The van der Waals surface area contributed by atoms with Crippen LogP contribution in [0.25, 0.3) is 0 Å². The number of nitrogens with one attached hydrogen (secondary N) is 1. The van der Waals surface area contributed by atoms with E-state index in [0.717, 1.165) is 13.2 Å². The van der Waals surface area contributed by atoms with Crippen LogP contribution >= 0.6 is 0 Å². The van der Waals surface area contributed by atoms with Gasteiger partial charge in [0.05, 0.1) is 0 Å². The molecule has 3 fully saturated rings. The Balaban J connectivity index is 1.71. The number of fused-ring (bicyclic) bond motifs is 2. The maximum absolute atomic E-state index is 6.34. The molecule has 0 aromatic rings. The molecule has 3 N–H and O–H groups in total. The molecule has 3 heteroatoms. The van der Waals surface area contributed by atoms with Gasteiger partial charge in [0.15, 0.2) is 0 Å². The number of hydrogen-bond acceptors (Lipinski definition) is 3. The lowest BCUT2D eigenvalue weighted by atomic mass is 9.76. The molecule has 15 heavy (non-hydrogen) atoms. The van der Waals surface area contributed by atoms with Gasteiger partial charge in [-0.05, 0) is 43.9 Å². The van der Waals surface area contributed by atoms with Crippen molar-refractivity contribution in [1.29, 1.82) is 0 Å². The molecule has 3 saturated heterocycles. The highest BCUT2D eigenvalue weighted by Crippen LogP contribution is 2.37. The Morgan fingerprint density at radius 3 is 2.93 bits per heavy atom. The van der Waals surface area contributed by atoms with Gasteiger partial charge in [0.2, 0.25) is 0 Å². The predicted molar refractivity (Wildman–Crippen MR) is 59.6 cm³/mol. The summed E-state index contributed by atoms with van der Waals surface area (Å²) in [7, 11) is 0. The molecule has 0 amide bonds. The summed E-state index contributed by atoms with van der Waals surface area (Å²) < 4.78 is 5.61.